The van der Waals surface area contributed by atoms with Gasteiger partial charge >= 0.3 is 0 Å². The molecule has 2 N–H and O–H groups in total. The summed E-state index contributed by atoms with van der Waals surface area (Å²) in [5.74, 6) is 0.527. The van der Waals surface area contributed by atoms with E-state index in [1.807, 2.05) is 42.3 Å². The molecule has 0 saturated carbocycles. The van der Waals surface area contributed by atoms with Crippen molar-refractivity contribution in [3.63, 3.8) is 0 Å². The van der Waals surface area contributed by atoms with Gasteiger partial charge in [-0.15, -0.1) is 0 Å². The van der Waals surface area contributed by atoms with Crippen LogP contribution < -0.4 is 10.6 Å². The molecule has 4 nitrogen and oxygen atoms in total. The Bertz CT molecular complexity index is 586. The number of hydrogen-bond acceptors (Lipinski definition) is 4. The van der Waals surface area contributed by atoms with E-state index in [1.54, 1.807) is 12.3 Å². The van der Waals surface area contributed by atoms with Crippen LogP contribution in [0.4, 0.5) is 11.5 Å². The maximum absolute atomic E-state index is 9.07. The lowest BCUT2D eigenvalue weighted by molar-refractivity contribution is 0.917. The van der Waals surface area contributed by atoms with Crippen LogP contribution in [0, 0.1) is 11.3 Å². The summed E-state index contributed by atoms with van der Waals surface area (Å²) in [7, 11) is 1.93. The Kier molecular flexibility index (Phi) is 3.44. The summed E-state index contributed by atoms with van der Waals surface area (Å²) in [5.41, 5.74) is 8.31. The van der Waals surface area contributed by atoms with Gasteiger partial charge in [-0.1, -0.05) is 18.2 Å². The number of rotatable bonds is 3. The number of aromatic nitrogens is 1. The van der Waals surface area contributed by atoms with Gasteiger partial charge in [0.2, 0.25) is 0 Å². The van der Waals surface area contributed by atoms with Gasteiger partial charge in [-0.05, 0) is 18.2 Å². The zero-order chi connectivity index (χ0) is 13.0. The molecule has 1 aromatic carbocycles. The van der Waals surface area contributed by atoms with E-state index in [2.05, 4.69) is 11.1 Å². The Labute approximate surface area is 106 Å². The molecule has 0 aliphatic carbocycles. The first kappa shape index (κ1) is 11.9. The predicted molar refractivity (Wildman–Crippen MR) is 71.9 cm³/mol. The molecule has 4 heteroatoms. The average Bonchev–Trinajstić information content (AvgIpc) is 2.41. The molecule has 18 heavy (non-hydrogen) atoms. The SMILES string of the molecule is CN(Cc1cccnc1N)c1ccccc1C#N. The third kappa shape index (κ3) is 2.41. The minimum absolute atomic E-state index is 0.527. The molecule has 1 aromatic heterocycles. The molecule has 0 radical (unpaired) electrons. The van der Waals surface area contributed by atoms with Crippen molar-refractivity contribution in [2.24, 2.45) is 0 Å². The number of nitrogen functional groups attached to an aromatic ring is 1. The first-order valence-corrected chi connectivity index (χ1v) is 5.62. The van der Waals surface area contributed by atoms with E-state index < -0.39 is 0 Å². The third-order valence-corrected chi connectivity index (χ3v) is 2.77. The van der Waals surface area contributed by atoms with Crippen molar-refractivity contribution >= 4 is 11.5 Å². The van der Waals surface area contributed by atoms with Crippen molar-refractivity contribution in [2.75, 3.05) is 17.7 Å². The van der Waals surface area contributed by atoms with E-state index in [1.165, 1.54) is 0 Å². The molecular weight excluding hydrogens is 224 g/mol. The highest BCUT2D eigenvalue weighted by Gasteiger charge is 2.08. The number of para-hydroxylation sites is 1. The number of pyridine rings is 1. The highest BCUT2D eigenvalue weighted by molar-refractivity contribution is 5.59. The van der Waals surface area contributed by atoms with Crippen molar-refractivity contribution in [3.8, 4) is 6.07 Å². The molecule has 90 valence electrons. The summed E-state index contributed by atoms with van der Waals surface area (Å²) in [6.07, 6.45) is 1.67. The second-order valence-electron chi connectivity index (χ2n) is 4.03. The van der Waals surface area contributed by atoms with Crippen LogP contribution >= 0.6 is 0 Å². The molecule has 0 saturated heterocycles. The lowest BCUT2D eigenvalue weighted by Gasteiger charge is -2.20. The fraction of sp³-hybridized carbons (Fsp3) is 0.143. The molecule has 0 atom stereocenters. The average molecular weight is 238 g/mol. The van der Waals surface area contributed by atoms with Gasteiger partial charge < -0.3 is 10.6 Å². The summed E-state index contributed by atoms with van der Waals surface area (Å²) < 4.78 is 0. The minimum Gasteiger partial charge on any atom is -0.383 e. The highest BCUT2D eigenvalue weighted by Crippen LogP contribution is 2.21. The van der Waals surface area contributed by atoms with Crippen LogP contribution in [-0.2, 0) is 6.54 Å². The summed E-state index contributed by atoms with van der Waals surface area (Å²) >= 11 is 0. The second-order valence-corrected chi connectivity index (χ2v) is 4.03. The maximum Gasteiger partial charge on any atom is 0.128 e. The molecule has 0 unspecified atom stereocenters. The molecule has 2 rings (SSSR count). The van der Waals surface area contributed by atoms with Gasteiger partial charge in [0.15, 0.2) is 0 Å². The Balaban J connectivity index is 2.26. The number of nitriles is 1. The highest BCUT2D eigenvalue weighted by atomic mass is 15.1. The van der Waals surface area contributed by atoms with Crippen molar-refractivity contribution < 1.29 is 0 Å². The minimum atomic E-state index is 0.527. The zero-order valence-corrected chi connectivity index (χ0v) is 10.2. The maximum atomic E-state index is 9.07. The van der Waals surface area contributed by atoms with Crippen molar-refractivity contribution in [1.82, 2.24) is 4.98 Å². The summed E-state index contributed by atoms with van der Waals surface area (Å²) in [6, 6.07) is 13.5. The molecule has 1 heterocycles. The van der Waals surface area contributed by atoms with E-state index in [0.717, 1.165) is 11.3 Å². The van der Waals surface area contributed by atoms with Gasteiger partial charge in [-0.2, -0.15) is 5.26 Å². The molecule has 2 aromatic rings. The Hall–Kier alpha value is -2.54. The van der Waals surface area contributed by atoms with Gasteiger partial charge in [0.05, 0.1) is 11.3 Å². The smallest absolute Gasteiger partial charge is 0.128 e. The quantitative estimate of drug-likeness (QED) is 0.890. The van der Waals surface area contributed by atoms with Gasteiger partial charge in [0.1, 0.15) is 11.9 Å². The topological polar surface area (TPSA) is 65.9 Å². The predicted octanol–water partition coefficient (Wildman–Crippen LogP) is 2.17. The van der Waals surface area contributed by atoms with Crippen molar-refractivity contribution in [3.05, 3.63) is 53.7 Å². The number of nitrogens with two attached hydrogens (primary N) is 1. The molecule has 0 fully saturated rings. The van der Waals surface area contributed by atoms with E-state index in [9.17, 15) is 0 Å². The first-order valence-electron chi connectivity index (χ1n) is 5.62. The lowest BCUT2D eigenvalue weighted by atomic mass is 10.1. The number of hydrogen-bond donors (Lipinski definition) is 1. The van der Waals surface area contributed by atoms with Crippen molar-refractivity contribution in [2.45, 2.75) is 6.54 Å². The van der Waals surface area contributed by atoms with E-state index in [4.69, 9.17) is 11.0 Å². The van der Waals surface area contributed by atoms with E-state index >= 15 is 0 Å². The first-order chi connectivity index (χ1) is 8.72. The summed E-state index contributed by atoms with van der Waals surface area (Å²) in [4.78, 5) is 6.05. The van der Waals surface area contributed by atoms with Crippen LogP contribution in [0.15, 0.2) is 42.6 Å². The number of anilines is 2. The number of nitrogens with zero attached hydrogens (tertiary/aromatic N) is 3. The standard InChI is InChI=1S/C14H14N4/c1-18(10-12-6-4-8-17-14(12)16)13-7-3-2-5-11(13)9-15/h2-8H,10H2,1H3,(H2,16,17). The molecule has 0 amide bonds. The fourth-order valence-corrected chi connectivity index (χ4v) is 1.83. The Morgan fingerprint density at radius 1 is 1.28 bits per heavy atom. The molecular formula is C14H14N4. The molecule has 0 bridgehead atoms. The normalized spacial score (nSPS) is 9.78. The third-order valence-electron chi connectivity index (χ3n) is 2.77. The molecule has 0 spiro atoms. The Morgan fingerprint density at radius 2 is 2.06 bits per heavy atom. The zero-order valence-electron chi connectivity index (χ0n) is 10.2. The number of benzene rings is 1. The van der Waals surface area contributed by atoms with Crippen LogP contribution in [0.2, 0.25) is 0 Å². The van der Waals surface area contributed by atoms with Gasteiger partial charge in [-0.25, -0.2) is 4.98 Å². The van der Waals surface area contributed by atoms with E-state index in [-0.39, 0.29) is 0 Å². The van der Waals surface area contributed by atoms with Crippen LogP contribution in [0.5, 0.6) is 0 Å². The van der Waals surface area contributed by atoms with Crippen LogP contribution in [0.25, 0.3) is 0 Å². The van der Waals surface area contributed by atoms with Gasteiger partial charge in [0.25, 0.3) is 0 Å². The lowest BCUT2D eigenvalue weighted by Crippen LogP contribution is -2.18. The van der Waals surface area contributed by atoms with Crippen LogP contribution in [0.1, 0.15) is 11.1 Å². The Morgan fingerprint density at radius 3 is 2.78 bits per heavy atom. The molecule has 0 aliphatic rings. The van der Waals surface area contributed by atoms with E-state index in [0.29, 0.717) is 17.9 Å². The monoisotopic (exact) mass is 238 g/mol. The largest absolute Gasteiger partial charge is 0.383 e. The molecule has 0 aliphatic heterocycles. The fourth-order valence-electron chi connectivity index (χ4n) is 1.83. The van der Waals surface area contributed by atoms with Crippen LogP contribution in [-0.4, -0.2) is 12.0 Å². The second kappa shape index (κ2) is 5.19. The van der Waals surface area contributed by atoms with Gasteiger partial charge in [-0.3, -0.25) is 0 Å². The summed E-state index contributed by atoms with van der Waals surface area (Å²) in [5, 5.41) is 9.07. The van der Waals surface area contributed by atoms with Crippen molar-refractivity contribution in [1.29, 1.82) is 5.26 Å². The summed E-state index contributed by atoms with van der Waals surface area (Å²) in [6.45, 7) is 0.623. The van der Waals surface area contributed by atoms with Gasteiger partial charge in [0, 0.05) is 25.4 Å². The van der Waals surface area contributed by atoms with Crippen LogP contribution in [0.3, 0.4) is 0 Å².